The molecular formula is C17H18N4O2. The Kier molecular flexibility index (Phi) is 3.37. The van der Waals surface area contributed by atoms with Gasteiger partial charge in [0.2, 0.25) is 0 Å². The van der Waals surface area contributed by atoms with Gasteiger partial charge in [-0.2, -0.15) is 5.10 Å². The highest BCUT2D eigenvalue weighted by Crippen LogP contribution is 2.35. The molecule has 118 valence electrons. The maximum atomic E-state index is 13.1. The van der Waals surface area contributed by atoms with Gasteiger partial charge in [-0.1, -0.05) is 6.92 Å². The summed E-state index contributed by atoms with van der Waals surface area (Å²) in [5, 5.41) is 4.22. The number of hydrogen-bond donors (Lipinski definition) is 0. The SMILES string of the molecule is CC1CCN(C(=O)c2cnn3cccnc23)C(c2ccco2)C1. The number of furan rings is 1. The number of hydrogen-bond acceptors (Lipinski definition) is 4. The highest BCUT2D eigenvalue weighted by Gasteiger charge is 2.34. The van der Waals surface area contributed by atoms with Gasteiger partial charge in [-0.25, -0.2) is 9.50 Å². The molecule has 2 unspecified atom stereocenters. The lowest BCUT2D eigenvalue weighted by molar-refractivity contribution is 0.0522. The van der Waals surface area contributed by atoms with Crippen LogP contribution in [-0.4, -0.2) is 31.9 Å². The number of fused-ring (bicyclic) bond motifs is 1. The second-order valence-electron chi connectivity index (χ2n) is 6.11. The Labute approximate surface area is 133 Å². The summed E-state index contributed by atoms with van der Waals surface area (Å²) in [5.41, 5.74) is 1.13. The molecule has 0 bridgehead atoms. The van der Waals surface area contributed by atoms with E-state index < -0.39 is 0 Å². The van der Waals surface area contributed by atoms with Crippen molar-refractivity contribution in [3.8, 4) is 0 Å². The lowest BCUT2D eigenvalue weighted by Crippen LogP contribution is -2.40. The van der Waals surface area contributed by atoms with Gasteiger partial charge in [-0.3, -0.25) is 4.79 Å². The Morgan fingerprint density at radius 3 is 3.13 bits per heavy atom. The van der Waals surface area contributed by atoms with E-state index in [9.17, 15) is 4.79 Å². The minimum atomic E-state index is -0.0352. The zero-order valence-corrected chi connectivity index (χ0v) is 12.9. The molecule has 0 saturated carbocycles. The summed E-state index contributed by atoms with van der Waals surface area (Å²) in [6.07, 6.45) is 8.63. The van der Waals surface area contributed by atoms with Gasteiger partial charge in [0.25, 0.3) is 5.91 Å². The van der Waals surface area contributed by atoms with Crippen LogP contribution >= 0.6 is 0 Å². The number of amides is 1. The lowest BCUT2D eigenvalue weighted by Gasteiger charge is -2.37. The highest BCUT2D eigenvalue weighted by molar-refractivity contribution is 5.99. The predicted octanol–water partition coefficient (Wildman–Crippen LogP) is 2.94. The first-order valence-corrected chi connectivity index (χ1v) is 7.87. The van der Waals surface area contributed by atoms with Gasteiger partial charge < -0.3 is 9.32 Å². The van der Waals surface area contributed by atoms with Crippen molar-refractivity contribution in [2.24, 2.45) is 5.92 Å². The fourth-order valence-corrected chi connectivity index (χ4v) is 3.27. The predicted molar refractivity (Wildman–Crippen MR) is 83.9 cm³/mol. The second-order valence-corrected chi connectivity index (χ2v) is 6.11. The van der Waals surface area contributed by atoms with E-state index in [0.29, 0.717) is 17.1 Å². The normalized spacial score (nSPS) is 21.7. The highest BCUT2D eigenvalue weighted by atomic mass is 16.3. The Balaban J connectivity index is 1.71. The molecule has 6 heteroatoms. The van der Waals surface area contributed by atoms with Gasteiger partial charge in [0, 0.05) is 18.9 Å². The molecule has 4 heterocycles. The lowest BCUT2D eigenvalue weighted by atomic mass is 9.90. The van der Waals surface area contributed by atoms with Crippen molar-refractivity contribution in [1.82, 2.24) is 19.5 Å². The number of likely N-dealkylation sites (tertiary alicyclic amines) is 1. The van der Waals surface area contributed by atoms with Crippen molar-refractivity contribution >= 4 is 11.6 Å². The van der Waals surface area contributed by atoms with Crippen LogP contribution in [0.2, 0.25) is 0 Å². The van der Waals surface area contributed by atoms with Crippen LogP contribution < -0.4 is 0 Å². The summed E-state index contributed by atoms with van der Waals surface area (Å²) in [6.45, 7) is 2.93. The second kappa shape index (κ2) is 5.53. The Hall–Kier alpha value is -2.63. The van der Waals surface area contributed by atoms with Crippen LogP contribution in [0.15, 0.2) is 47.5 Å². The van der Waals surface area contributed by atoms with Crippen LogP contribution in [0.25, 0.3) is 5.65 Å². The molecule has 6 nitrogen and oxygen atoms in total. The van der Waals surface area contributed by atoms with E-state index in [0.717, 1.165) is 25.1 Å². The Bertz CT molecular complexity index is 824. The first kappa shape index (κ1) is 14.0. The molecule has 3 aromatic rings. The molecule has 3 aromatic heterocycles. The monoisotopic (exact) mass is 310 g/mol. The number of rotatable bonds is 2. The average molecular weight is 310 g/mol. The molecule has 1 amide bonds. The Morgan fingerprint density at radius 2 is 2.30 bits per heavy atom. The van der Waals surface area contributed by atoms with E-state index in [4.69, 9.17) is 4.42 Å². The molecule has 0 aliphatic carbocycles. The number of aromatic nitrogens is 3. The molecule has 0 N–H and O–H groups in total. The minimum absolute atomic E-state index is 0.0279. The molecule has 23 heavy (non-hydrogen) atoms. The summed E-state index contributed by atoms with van der Waals surface area (Å²) in [6, 6.07) is 5.58. The van der Waals surface area contributed by atoms with Crippen molar-refractivity contribution in [2.45, 2.75) is 25.8 Å². The zero-order valence-electron chi connectivity index (χ0n) is 12.9. The van der Waals surface area contributed by atoms with Crippen LogP contribution in [0.4, 0.5) is 0 Å². The molecule has 0 radical (unpaired) electrons. The minimum Gasteiger partial charge on any atom is -0.467 e. The van der Waals surface area contributed by atoms with Gasteiger partial charge in [0.1, 0.15) is 11.3 Å². The molecule has 1 saturated heterocycles. The molecule has 1 fully saturated rings. The summed E-state index contributed by atoms with van der Waals surface area (Å²) in [5.74, 6) is 1.37. The van der Waals surface area contributed by atoms with Crippen LogP contribution in [0.3, 0.4) is 0 Å². The third-order valence-corrected chi connectivity index (χ3v) is 4.51. The van der Waals surface area contributed by atoms with Gasteiger partial charge in [-0.15, -0.1) is 0 Å². The number of piperidine rings is 1. The van der Waals surface area contributed by atoms with Gasteiger partial charge in [-0.05, 0) is 37.0 Å². The van der Waals surface area contributed by atoms with Crippen molar-refractivity contribution < 1.29 is 9.21 Å². The van der Waals surface area contributed by atoms with Gasteiger partial charge in [0.05, 0.1) is 18.5 Å². The van der Waals surface area contributed by atoms with E-state index in [1.54, 1.807) is 35.4 Å². The van der Waals surface area contributed by atoms with E-state index in [-0.39, 0.29) is 11.9 Å². The molecule has 1 aliphatic rings. The summed E-state index contributed by atoms with van der Waals surface area (Å²) >= 11 is 0. The molecule has 0 aromatic carbocycles. The van der Waals surface area contributed by atoms with Gasteiger partial charge >= 0.3 is 0 Å². The fraction of sp³-hybridized carbons (Fsp3) is 0.353. The topological polar surface area (TPSA) is 63.6 Å². The van der Waals surface area contributed by atoms with Crippen LogP contribution in [0.1, 0.15) is 41.9 Å². The molecular weight excluding hydrogens is 292 g/mol. The maximum absolute atomic E-state index is 13.1. The first-order valence-electron chi connectivity index (χ1n) is 7.87. The first-order chi connectivity index (χ1) is 11.2. The van der Waals surface area contributed by atoms with Crippen molar-refractivity contribution in [2.75, 3.05) is 6.54 Å². The van der Waals surface area contributed by atoms with Crippen molar-refractivity contribution in [3.63, 3.8) is 0 Å². The van der Waals surface area contributed by atoms with E-state index in [1.807, 2.05) is 17.0 Å². The molecule has 4 rings (SSSR count). The molecule has 1 aliphatic heterocycles. The van der Waals surface area contributed by atoms with Crippen LogP contribution in [-0.2, 0) is 0 Å². The Morgan fingerprint density at radius 1 is 1.39 bits per heavy atom. The fourth-order valence-electron chi connectivity index (χ4n) is 3.27. The van der Waals surface area contributed by atoms with Gasteiger partial charge in [0.15, 0.2) is 5.65 Å². The van der Waals surface area contributed by atoms with E-state index >= 15 is 0 Å². The number of carbonyl (C=O) groups is 1. The number of carbonyl (C=O) groups excluding carboxylic acids is 1. The number of nitrogens with zero attached hydrogens (tertiary/aromatic N) is 4. The van der Waals surface area contributed by atoms with Crippen LogP contribution in [0, 0.1) is 5.92 Å². The van der Waals surface area contributed by atoms with E-state index in [1.165, 1.54) is 0 Å². The summed E-state index contributed by atoms with van der Waals surface area (Å²) in [7, 11) is 0. The van der Waals surface area contributed by atoms with E-state index in [2.05, 4.69) is 17.0 Å². The molecule has 0 spiro atoms. The quantitative estimate of drug-likeness (QED) is 0.730. The maximum Gasteiger partial charge on any atom is 0.259 e. The zero-order chi connectivity index (χ0) is 15.8. The smallest absolute Gasteiger partial charge is 0.259 e. The largest absolute Gasteiger partial charge is 0.467 e. The van der Waals surface area contributed by atoms with Crippen molar-refractivity contribution in [3.05, 3.63) is 54.4 Å². The third kappa shape index (κ3) is 2.40. The van der Waals surface area contributed by atoms with Crippen LogP contribution in [0.5, 0.6) is 0 Å². The third-order valence-electron chi connectivity index (χ3n) is 4.51. The average Bonchev–Trinajstić information content (AvgIpc) is 3.24. The summed E-state index contributed by atoms with van der Waals surface area (Å²) in [4.78, 5) is 19.3. The molecule has 2 atom stereocenters. The van der Waals surface area contributed by atoms with Crippen molar-refractivity contribution in [1.29, 1.82) is 0 Å². The summed E-state index contributed by atoms with van der Waals surface area (Å²) < 4.78 is 7.20. The standard InChI is InChI=1S/C17H18N4O2/c1-12-5-8-20(14(10-12)15-4-2-9-23-15)17(22)13-11-19-21-7-3-6-18-16(13)21/h2-4,6-7,9,11-12,14H,5,8,10H2,1H3.